The van der Waals surface area contributed by atoms with E-state index in [4.69, 9.17) is 4.74 Å². The predicted molar refractivity (Wildman–Crippen MR) is 88.2 cm³/mol. The molecule has 0 aliphatic carbocycles. The number of imidazole rings is 1. The van der Waals surface area contributed by atoms with Gasteiger partial charge in [0.25, 0.3) is 0 Å². The first-order valence-electron chi connectivity index (χ1n) is 7.98. The van der Waals surface area contributed by atoms with Gasteiger partial charge in [0.05, 0.1) is 12.8 Å². The zero-order valence-electron chi connectivity index (χ0n) is 13.2. The van der Waals surface area contributed by atoms with Gasteiger partial charge in [-0.05, 0) is 29.3 Å². The van der Waals surface area contributed by atoms with Crippen LogP contribution in [0.25, 0.3) is 0 Å². The second-order valence-corrected chi connectivity index (χ2v) is 6.22. The average Bonchev–Trinajstić information content (AvgIpc) is 2.77. The molecule has 0 amide bonds. The lowest BCUT2D eigenvalue weighted by Crippen LogP contribution is -2.15. The van der Waals surface area contributed by atoms with Crippen LogP contribution in [0.15, 0.2) is 10.8 Å². The predicted octanol–water partition coefficient (Wildman–Crippen LogP) is 4.64. The van der Waals surface area contributed by atoms with E-state index in [0.717, 1.165) is 23.3 Å². The molecule has 0 unspecified atom stereocenters. The van der Waals surface area contributed by atoms with E-state index < -0.39 is 0 Å². The number of unbranched alkanes of at least 4 members (excludes halogenated alkanes) is 7. The summed E-state index contributed by atoms with van der Waals surface area (Å²) in [5, 5.41) is 0. The molecule has 1 aromatic heterocycles. The van der Waals surface area contributed by atoms with Crippen molar-refractivity contribution in [2.24, 2.45) is 0 Å². The summed E-state index contributed by atoms with van der Waals surface area (Å²) in [5.41, 5.74) is 0. The van der Waals surface area contributed by atoms with E-state index in [9.17, 15) is 4.79 Å². The standard InChI is InChI=1S/C16H27BrN2O2/c1-3-4-5-6-7-8-9-10-11-21-16(20)13-19-14(2)18-12-15(19)17/h12H,3-11,13H2,1-2H3. The first-order valence-corrected chi connectivity index (χ1v) is 8.77. The lowest BCUT2D eigenvalue weighted by Gasteiger charge is -2.08. The zero-order chi connectivity index (χ0) is 15.5. The highest BCUT2D eigenvalue weighted by Crippen LogP contribution is 2.12. The van der Waals surface area contributed by atoms with Crippen molar-refractivity contribution in [2.45, 2.75) is 71.8 Å². The molecule has 0 aromatic carbocycles. The van der Waals surface area contributed by atoms with E-state index >= 15 is 0 Å². The van der Waals surface area contributed by atoms with Crippen LogP contribution < -0.4 is 0 Å². The number of esters is 1. The number of aryl methyl sites for hydroxylation is 1. The fourth-order valence-corrected chi connectivity index (χ4v) is 2.71. The fraction of sp³-hybridized carbons (Fsp3) is 0.750. The Kier molecular flexibility index (Phi) is 9.39. The van der Waals surface area contributed by atoms with E-state index in [-0.39, 0.29) is 12.5 Å². The minimum absolute atomic E-state index is 0.195. The SMILES string of the molecule is CCCCCCCCCCOC(=O)Cn1c(Br)cnc1C. The van der Waals surface area contributed by atoms with Gasteiger partial charge in [0.1, 0.15) is 17.0 Å². The Morgan fingerprint density at radius 1 is 1.19 bits per heavy atom. The van der Waals surface area contributed by atoms with Crippen molar-refractivity contribution in [1.29, 1.82) is 0 Å². The molecule has 0 atom stereocenters. The van der Waals surface area contributed by atoms with Crippen molar-refractivity contribution in [1.82, 2.24) is 9.55 Å². The second kappa shape index (κ2) is 10.8. The summed E-state index contributed by atoms with van der Waals surface area (Å²) in [6.07, 6.45) is 11.7. The summed E-state index contributed by atoms with van der Waals surface area (Å²) in [6.45, 7) is 4.86. The molecule has 0 bridgehead atoms. The molecule has 4 nitrogen and oxygen atoms in total. The lowest BCUT2D eigenvalue weighted by atomic mass is 10.1. The average molecular weight is 359 g/mol. The first-order chi connectivity index (χ1) is 10.1. The Hall–Kier alpha value is -0.840. The van der Waals surface area contributed by atoms with E-state index in [0.29, 0.717) is 6.61 Å². The molecular weight excluding hydrogens is 332 g/mol. The van der Waals surface area contributed by atoms with E-state index in [2.05, 4.69) is 27.8 Å². The van der Waals surface area contributed by atoms with Crippen LogP contribution in [0.1, 0.15) is 64.1 Å². The molecule has 0 radical (unpaired) electrons. The van der Waals surface area contributed by atoms with Crippen LogP contribution in [-0.2, 0) is 16.1 Å². The minimum Gasteiger partial charge on any atom is -0.464 e. The van der Waals surface area contributed by atoms with Crippen molar-refractivity contribution in [3.8, 4) is 0 Å². The van der Waals surface area contributed by atoms with Gasteiger partial charge in [-0.2, -0.15) is 0 Å². The van der Waals surface area contributed by atoms with Gasteiger partial charge in [0.15, 0.2) is 0 Å². The summed E-state index contributed by atoms with van der Waals surface area (Å²) in [4.78, 5) is 15.9. The Morgan fingerprint density at radius 3 is 2.38 bits per heavy atom. The van der Waals surface area contributed by atoms with Crippen LogP contribution in [0, 0.1) is 6.92 Å². The van der Waals surface area contributed by atoms with E-state index in [1.807, 2.05) is 6.92 Å². The van der Waals surface area contributed by atoms with Crippen molar-refractivity contribution in [3.05, 3.63) is 16.6 Å². The summed E-state index contributed by atoms with van der Waals surface area (Å²) < 4.78 is 7.87. The van der Waals surface area contributed by atoms with Gasteiger partial charge < -0.3 is 9.30 Å². The first kappa shape index (κ1) is 18.2. The number of ether oxygens (including phenoxy) is 1. The van der Waals surface area contributed by atoms with Crippen molar-refractivity contribution < 1.29 is 9.53 Å². The summed E-state index contributed by atoms with van der Waals surface area (Å²) >= 11 is 3.37. The molecule has 0 saturated heterocycles. The van der Waals surface area contributed by atoms with E-state index in [1.54, 1.807) is 10.8 Å². The third kappa shape index (κ3) is 7.65. The highest BCUT2D eigenvalue weighted by Gasteiger charge is 2.09. The molecule has 120 valence electrons. The lowest BCUT2D eigenvalue weighted by molar-refractivity contribution is -0.144. The van der Waals surface area contributed by atoms with Crippen LogP contribution in [0.4, 0.5) is 0 Å². The molecule has 1 rings (SSSR count). The fourth-order valence-electron chi connectivity index (χ4n) is 2.23. The number of hydrogen-bond acceptors (Lipinski definition) is 3. The van der Waals surface area contributed by atoms with Gasteiger partial charge in [-0.3, -0.25) is 4.79 Å². The summed E-state index contributed by atoms with van der Waals surface area (Å²) in [5.74, 6) is 0.616. The van der Waals surface area contributed by atoms with Crippen LogP contribution in [-0.4, -0.2) is 22.1 Å². The molecule has 0 aliphatic heterocycles. The van der Waals surface area contributed by atoms with Gasteiger partial charge in [-0.1, -0.05) is 51.9 Å². The van der Waals surface area contributed by atoms with Gasteiger partial charge in [-0.15, -0.1) is 0 Å². The second-order valence-electron chi connectivity index (χ2n) is 5.41. The topological polar surface area (TPSA) is 44.1 Å². The Morgan fingerprint density at radius 2 is 1.81 bits per heavy atom. The molecule has 5 heteroatoms. The quantitative estimate of drug-likeness (QED) is 0.427. The highest BCUT2D eigenvalue weighted by molar-refractivity contribution is 9.10. The van der Waals surface area contributed by atoms with Crippen LogP contribution in [0.3, 0.4) is 0 Å². The minimum atomic E-state index is -0.195. The number of aromatic nitrogens is 2. The number of rotatable bonds is 11. The van der Waals surface area contributed by atoms with Crippen molar-refractivity contribution in [3.63, 3.8) is 0 Å². The van der Waals surface area contributed by atoms with Gasteiger partial charge in [0, 0.05) is 0 Å². The van der Waals surface area contributed by atoms with Gasteiger partial charge in [0.2, 0.25) is 0 Å². The highest BCUT2D eigenvalue weighted by atomic mass is 79.9. The smallest absolute Gasteiger partial charge is 0.326 e. The Labute approximate surface area is 136 Å². The molecule has 1 heterocycles. The maximum Gasteiger partial charge on any atom is 0.326 e. The number of nitrogens with zero attached hydrogens (tertiary/aromatic N) is 2. The van der Waals surface area contributed by atoms with Gasteiger partial charge >= 0.3 is 5.97 Å². The molecule has 1 aromatic rings. The number of carbonyl (C=O) groups excluding carboxylic acids is 1. The maximum absolute atomic E-state index is 11.7. The van der Waals surface area contributed by atoms with E-state index in [1.165, 1.54) is 38.5 Å². The summed E-state index contributed by atoms with van der Waals surface area (Å²) in [6, 6.07) is 0. The molecule has 0 fully saturated rings. The number of hydrogen-bond donors (Lipinski definition) is 0. The molecule has 0 N–H and O–H groups in total. The monoisotopic (exact) mass is 358 g/mol. The van der Waals surface area contributed by atoms with Crippen LogP contribution in [0.5, 0.6) is 0 Å². The number of halogens is 1. The molecular formula is C16H27BrN2O2. The summed E-state index contributed by atoms with van der Waals surface area (Å²) in [7, 11) is 0. The van der Waals surface area contributed by atoms with Crippen molar-refractivity contribution in [2.75, 3.05) is 6.61 Å². The molecule has 21 heavy (non-hydrogen) atoms. The number of carbonyl (C=O) groups is 1. The van der Waals surface area contributed by atoms with Crippen molar-refractivity contribution >= 4 is 21.9 Å². The third-order valence-electron chi connectivity index (χ3n) is 3.55. The Bertz CT molecular complexity index is 399. The zero-order valence-corrected chi connectivity index (χ0v) is 14.8. The van der Waals surface area contributed by atoms with Crippen LogP contribution in [0.2, 0.25) is 0 Å². The maximum atomic E-state index is 11.7. The van der Waals surface area contributed by atoms with Crippen LogP contribution >= 0.6 is 15.9 Å². The normalized spacial score (nSPS) is 10.8. The molecule has 0 aliphatic rings. The van der Waals surface area contributed by atoms with Gasteiger partial charge in [-0.25, -0.2) is 4.98 Å². The third-order valence-corrected chi connectivity index (χ3v) is 4.19. The molecule has 0 spiro atoms. The largest absolute Gasteiger partial charge is 0.464 e. The molecule has 0 saturated carbocycles. The Balaban J connectivity index is 2.01.